The van der Waals surface area contributed by atoms with Crippen LogP contribution in [0.4, 0.5) is 10.1 Å². The molecule has 0 bridgehead atoms. The molecule has 1 unspecified atom stereocenters. The Labute approximate surface area is 107 Å². The molecule has 0 fully saturated rings. The van der Waals surface area contributed by atoms with Gasteiger partial charge in [0, 0.05) is 10.7 Å². The van der Waals surface area contributed by atoms with E-state index in [0.717, 1.165) is 6.26 Å². The smallest absolute Gasteiger partial charge is 0.242 e. The molecule has 0 spiro atoms. The third-order valence-corrected chi connectivity index (χ3v) is 4.36. The fourth-order valence-electron chi connectivity index (χ4n) is 1.02. The van der Waals surface area contributed by atoms with Gasteiger partial charge in [0.2, 0.25) is 5.91 Å². The number of rotatable bonds is 3. The van der Waals surface area contributed by atoms with Gasteiger partial charge in [-0.25, -0.2) is 12.8 Å². The van der Waals surface area contributed by atoms with Crippen molar-refractivity contribution < 1.29 is 17.6 Å². The van der Waals surface area contributed by atoms with E-state index < -0.39 is 26.8 Å². The molecule has 1 aromatic carbocycles. The van der Waals surface area contributed by atoms with Crippen molar-refractivity contribution in [3.8, 4) is 0 Å². The van der Waals surface area contributed by atoms with Gasteiger partial charge in [0.25, 0.3) is 0 Å². The molecule has 0 aliphatic heterocycles. The molecule has 0 aliphatic rings. The first-order chi connectivity index (χ1) is 7.71. The first-order valence-corrected chi connectivity index (χ1v) is 7.41. The molecule has 17 heavy (non-hydrogen) atoms. The van der Waals surface area contributed by atoms with Crippen LogP contribution in [0.2, 0.25) is 0 Å². The fraction of sp³-hybridized carbons (Fsp3) is 0.300. The Kier molecular flexibility index (Phi) is 4.26. The summed E-state index contributed by atoms with van der Waals surface area (Å²) < 4.78 is 35.5. The molecule has 0 radical (unpaired) electrons. The molecule has 94 valence electrons. The Morgan fingerprint density at radius 2 is 2.06 bits per heavy atom. The summed E-state index contributed by atoms with van der Waals surface area (Å²) in [7, 11) is -3.44. The van der Waals surface area contributed by atoms with Gasteiger partial charge in [-0.05, 0) is 41.1 Å². The van der Waals surface area contributed by atoms with Gasteiger partial charge in [-0.2, -0.15) is 0 Å². The minimum absolute atomic E-state index is 0.326. The molecule has 0 saturated heterocycles. The van der Waals surface area contributed by atoms with E-state index in [2.05, 4.69) is 21.2 Å². The van der Waals surface area contributed by atoms with E-state index in [1.807, 2.05) is 0 Å². The summed E-state index contributed by atoms with van der Waals surface area (Å²) in [5.74, 6) is -1.11. The summed E-state index contributed by atoms with van der Waals surface area (Å²) in [5, 5.41) is 1.26. The summed E-state index contributed by atoms with van der Waals surface area (Å²) in [6.45, 7) is 1.29. The summed E-state index contributed by atoms with van der Waals surface area (Å²) >= 11 is 3.07. The van der Waals surface area contributed by atoms with E-state index in [1.165, 1.54) is 25.1 Å². The standard InChI is InChI=1S/C10H11BrFNO3S/c1-6(17(2,15)16)10(14)13-9-4-3-7(12)5-8(9)11/h3-6H,1-2H3,(H,13,14). The molecule has 0 heterocycles. The molecule has 7 heteroatoms. The number of carbonyl (C=O) groups is 1. The predicted molar refractivity (Wildman–Crippen MR) is 67.0 cm³/mol. The van der Waals surface area contributed by atoms with Crippen LogP contribution < -0.4 is 5.32 Å². The quantitative estimate of drug-likeness (QED) is 0.924. The molecular weight excluding hydrogens is 313 g/mol. The Bertz CT molecular complexity index is 544. The van der Waals surface area contributed by atoms with Gasteiger partial charge >= 0.3 is 0 Å². The van der Waals surface area contributed by atoms with Crippen LogP contribution in [0.5, 0.6) is 0 Å². The lowest BCUT2D eigenvalue weighted by molar-refractivity contribution is -0.115. The first kappa shape index (κ1) is 14.1. The lowest BCUT2D eigenvalue weighted by atomic mass is 10.3. The second-order valence-electron chi connectivity index (χ2n) is 3.59. The fourth-order valence-corrected chi connectivity index (χ4v) is 1.92. The highest BCUT2D eigenvalue weighted by atomic mass is 79.9. The van der Waals surface area contributed by atoms with Crippen LogP contribution in [0.3, 0.4) is 0 Å². The van der Waals surface area contributed by atoms with Crippen molar-refractivity contribution in [3.05, 3.63) is 28.5 Å². The maximum Gasteiger partial charge on any atom is 0.242 e. The highest BCUT2D eigenvalue weighted by Gasteiger charge is 2.23. The molecule has 0 aliphatic carbocycles. The number of nitrogens with one attached hydrogen (secondary N) is 1. The van der Waals surface area contributed by atoms with Crippen molar-refractivity contribution >= 4 is 37.4 Å². The summed E-state index contributed by atoms with van der Waals surface area (Å²) in [4.78, 5) is 11.6. The molecule has 1 atom stereocenters. The molecule has 1 rings (SSSR count). The van der Waals surface area contributed by atoms with E-state index in [4.69, 9.17) is 0 Å². The largest absolute Gasteiger partial charge is 0.324 e. The number of anilines is 1. The first-order valence-electron chi connectivity index (χ1n) is 4.66. The van der Waals surface area contributed by atoms with Gasteiger partial charge in [-0.15, -0.1) is 0 Å². The Morgan fingerprint density at radius 3 is 2.53 bits per heavy atom. The molecule has 0 aromatic heterocycles. The number of hydrogen-bond acceptors (Lipinski definition) is 3. The number of halogens is 2. The van der Waals surface area contributed by atoms with Gasteiger partial charge < -0.3 is 5.32 Å². The Balaban J connectivity index is 2.89. The zero-order valence-electron chi connectivity index (χ0n) is 9.20. The van der Waals surface area contributed by atoms with E-state index in [0.29, 0.717) is 10.2 Å². The lowest BCUT2D eigenvalue weighted by Gasteiger charge is -2.11. The van der Waals surface area contributed by atoms with Gasteiger partial charge in [0.15, 0.2) is 9.84 Å². The lowest BCUT2D eigenvalue weighted by Crippen LogP contribution is -2.31. The zero-order chi connectivity index (χ0) is 13.2. The minimum Gasteiger partial charge on any atom is -0.324 e. The van der Waals surface area contributed by atoms with Gasteiger partial charge in [0.05, 0.1) is 5.69 Å². The summed E-state index contributed by atoms with van der Waals surface area (Å²) in [5.41, 5.74) is 0.326. The van der Waals surface area contributed by atoms with Crippen LogP contribution in [0.15, 0.2) is 22.7 Å². The Morgan fingerprint density at radius 1 is 1.47 bits per heavy atom. The Hall–Kier alpha value is -0.950. The second kappa shape index (κ2) is 5.14. The summed E-state index contributed by atoms with van der Waals surface area (Å²) in [6, 6.07) is 3.71. The number of hydrogen-bond donors (Lipinski definition) is 1. The van der Waals surface area contributed by atoms with Crippen LogP contribution in [-0.2, 0) is 14.6 Å². The highest BCUT2D eigenvalue weighted by molar-refractivity contribution is 9.10. The minimum atomic E-state index is -3.44. The monoisotopic (exact) mass is 323 g/mol. The van der Waals surface area contributed by atoms with E-state index in [9.17, 15) is 17.6 Å². The molecule has 1 amide bonds. The normalized spacial score (nSPS) is 13.2. The number of sulfone groups is 1. The van der Waals surface area contributed by atoms with Gasteiger partial charge in [-0.1, -0.05) is 0 Å². The van der Waals surface area contributed by atoms with Crippen molar-refractivity contribution in [3.63, 3.8) is 0 Å². The van der Waals surface area contributed by atoms with Crippen LogP contribution >= 0.6 is 15.9 Å². The zero-order valence-corrected chi connectivity index (χ0v) is 11.6. The molecule has 1 N–H and O–H groups in total. The van der Waals surface area contributed by atoms with Crippen LogP contribution in [0, 0.1) is 5.82 Å². The van der Waals surface area contributed by atoms with Crippen molar-refractivity contribution in [1.82, 2.24) is 0 Å². The van der Waals surface area contributed by atoms with E-state index in [-0.39, 0.29) is 0 Å². The SMILES string of the molecule is CC(C(=O)Nc1ccc(F)cc1Br)S(C)(=O)=O. The van der Waals surface area contributed by atoms with Crippen molar-refractivity contribution in [1.29, 1.82) is 0 Å². The van der Waals surface area contributed by atoms with Crippen LogP contribution in [-0.4, -0.2) is 25.8 Å². The van der Waals surface area contributed by atoms with Crippen LogP contribution in [0.25, 0.3) is 0 Å². The predicted octanol–water partition coefficient (Wildman–Crippen LogP) is 1.96. The average molecular weight is 324 g/mol. The number of benzene rings is 1. The van der Waals surface area contributed by atoms with E-state index >= 15 is 0 Å². The second-order valence-corrected chi connectivity index (χ2v) is 6.81. The van der Waals surface area contributed by atoms with Gasteiger partial charge in [0.1, 0.15) is 11.1 Å². The number of amides is 1. The van der Waals surface area contributed by atoms with E-state index in [1.54, 1.807) is 0 Å². The maximum atomic E-state index is 12.8. The molecule has 0 saturated carbocycles. The van der Waals surface area contributed by atoms with Crippen molar-refractivity contribution in [2.24, 2.45) is 0 Å². The third-order valence-electron chi connectivity index (χ3n) is 2.20. The van der Waals surface area contributed by atoms with Crippen molar-refractivity contribution in [2.45, 2.75) is 12.2 Å². The highest BCUT2D eigenvalue weighted by Crippen LogP contribution is 2.23. The topological polar surface area (TPSA) is 63.2 Å². The number of carbonyl (C=O) groups excluding carboxylic acids is 1. The third kappa shape index (κ3) is 3.78. The molecule has 4 nitrogen and oxygen atoms in total. The van der Waals surface area contributed by atoms with Gasteiger partial charge in [-0.3, -0.25) is 4.79 Å². The van der Waals surface area contributed by atoms with Crippen molar-refractivity contribution in [2.75, 3.05) is 11.6 Å². The van der Waals surface area contributed by atoms with Crippen LogP contribution in [0.1, 0.15) is 6.92 Å². The average Bonchev–Trinajstić information content (AvgIpc) is 2.19. The summed E-state index contributed by atoms with van der Waals surface area (Å²) in [6.07, 6.45) is 0.983. The maximum absolute atomic E-state index is 12.8. The molecular formula is C10H11BrFNO3S. The molecule has 1 aromatic rings.